The molecule has 2 heteroatoms. The van der Waals surface area contributed by atoms with Gasteiger partial charge < -0.3 is 4.74 Å². The molecule has 0 saturated heterocycles. The van der Waals surface area contributed by atoms with Crippen LogP contribution >= 0.6 is 11.6 Å². The Bertz CT molecular complexity index is 451. The number of benzene rings is 2. The van der Waals surface area contributed by atoms with E-state index in [1.807, 2.05) is 55.5 Å². The first-order valence-electron chi connectivity index (χ1n) is 4.75. The van der Waals surface area contributed by atoms with E-state index in [4.69, 9.17) is 16.3 Å². The molecular weight excluding hydrogens is 208 g/mol. The lowest BCUT2D eigenvalue weighted by molar-refractivity contribution is 0.482. The summed E-state index contributed by atoms with van der Waals surface area (Å²) in [5, 5.41) is 0.629. The molecule has 0 N–H and O–H groups in total. The first kappa shape index (κ1) is 10.1. The molecule has 0 aromatic heterocycles. The Labute approximate surface area is 94.3 Å². The summed E-state index contributed by atoms with van der Waals surface area (Å²) in [6.45, 7) is 2.01. The quantitative estimate of drug-likeness (QED) is 0.724. The van der Waals surface area contributed by atoms with Crippen LogP contribution < -0.4 is 4.74 Å². The molecule has 0 fully saturated rings. The van der Waals surface area contributed by atoms with Gasteiger partial charge in [0.1, 0.15) is 11.5 Å². The van der Waals surface area contributed by atoms with Gasteiger partial charge in [0.2, 0.25) is 0 Å². The molecule has 0 saturated carbocycles. The van der Waals surface area contributed by atoms with Crippen molar-refractivity contribution in [1.29, 1.82) is 0 Å². The maximum absolute atomic E-state index is 6.02. The van der Waals surface area contributed by atoms with Gasteiger partial charge in [0.15, 0.2) is 0 Å². The predicted molar refractivity (Wildman–Crippen MR) is 62.7 cm³/mol. The Hall–Kier alpha value is -1.47. The van der Waals surface area contributed by atoms with Crippen molar-refractivity contribution in [3.05, 3.63) is 59.1 Å². The maximum Gasteiger partial charge on any atom is 0.146 e. The average Bonchev–Trinajstić information content (AvgIpc) is 2.25. The average molecular weight is 219 g/mol. The Morgan fingerprint density at radius 2 is 1.73 bits per heavy atom. The number of hydrogen-bond donors (Lipinski definition) is 0. The van der Waals surface area contributed by atoms with Gasteiger partial charge in [-0.2, -0.15) is 0 Å². The second-order valence-corrected chi connectivity index (χ2v) is 3.76. The molecule has 2 rings (SSSR count). The van der Waals surface area contributed by atoms with Crippen molar-refractivity contribution >= 4 is 11.6 Å². The van der Waals surface area contributed by atoms with Crippen LogP contribution in [0.5, 0.6) is 11.5 Å². The lowest BCUT2D eigenvalue weighted by atomic mass is 10.2. The first-order chi connectivity index (χ1) is 7.25. The summed E-state index contributed by atoms with van der Waals surface area (Å²) in [5.41, 5.74) is 1.13. The molecular formula is C13H11ClO. The molecule has 0 aliphatic carbocycles. The minimum atomic E-state index is 0.629. The van der Waals surface area contributed by atoms with E-state index in [0.29, 0.717) is 10.8 Å². The SMILES string of the molecule is Cc1ccc(Cl)c(Oc2ccccc2)c1. The van der Waals surface area contributed by atoms with Gasteiger partial charge in [0.25, 0.3) is 0 Å². The molecule has 0 heterocycles. The zero-order chi connectivity index (χ0) is 10.7. The monoisotopic (exact) mass is 218 g/mol. The van der Waals surface area contributed by atoms with Crippen molar-refractivity contribution in [2.24, 2.45) is 0 Å². The highest BCUT2D eigenvalue weighted by molar-refractivity contribution is 6.32. The highest BCUT2D eigenvalue weighted by atomic mass is 35.5. The van der Waals surface area contributed by atoms with Gasteiger partial charge in [0.05, 0.1) is 5.02 Å². The third kappa shape index (κ3) is 2.51. The van der Waals surface area contributed by atoms with E-state index >= 15 is 0 Å². The third-order valence-electron chi connectivity index (χ3n) is 2.06. The lowest BCUT2D eigenvalue weighted by Gasteiger charge is -2.07. The Morgan fingerprint density at radius 3 is 2.47 bits per heavy atom. The zero-order valence-corrected chi connectivity index (χ0v) is 9.16. The van der Waals surface area contributed by atoms with Gasteiger partial charge in [-0.1, -0.05) is 35.9 Å². The van der Waals surface area contributed by atoms with E-state index in [1.54, 1.807) is 0 Å². The van der Waals surface area contributed by atoms with Crippen LogP contribution in [0.1, 0.15) is 5.56 Å². The van der Waals surface area contributed by atoms with Gasteiger partial charge in [-0.3, -0.25) is 0 Å². The summed E-state index contributed by atoms with van der Waals surface area (Å²) in [4.78, 5) is 0. The number of aryl methyl sites for hydroxylation is 1. The van der Waals surface area contributed by atoms with Gasteiger partial charge in [-0.05, 0) is 36.8 Å². The van der Waals surface area contributed by atoms with Crippen LogP contribution in [0, 0.1) is 6.92 Å². The normalized spacial score (nSPS) is 10.0. The molecule has 0 amide bonds. The fourth-order valence-electron chi connectivity index (χ4n) is 1.30. The molecule has 76 valence electrons. The van der Waals surface area contributed by atoms with Gasteiger partial charge >= 0.3 is 0 Å². The van der Waals surface area contributed by atoms with Crippen LogP contribution in [0.3, 0.4) is 0 Å². The number of hydrogen-bond acceptors (Lipinski definition) is 1. The first-order valence-corrected chi connectivity index (χ1v) is 5.12. The fraction of sp³-hybridized carbons (Fsp3) is 0.0769. The van der Waals surface area contributed by atoms with Gasteiger partial charge in [0, 0.05) is 0 Å². The van der Waals surface area contributed by atoms with Crippen LogP contribution in [0.2, 0.25) is 5.02 Å². The lowest BCUT2D eigenvalue weighted by Crippen LogP contribution is -1.85. The molecule has 0 aliphatic heterocycles. The van der Waals surface area contributed by atoms with Crippen molar-refractivity contribution in [1.82, 2.24) is 0 Å². The molecule has 15 heavy (non-hydrogen) atoms. The molecule has 0 unspecified atom stereocenters. The molecule has 0 bridgehead atoms. The summed E-state index contributed by atoms with van der Waals surface area (Å²) in [7, 11) is 0. The second-order valence-electron chi connectivity index (χ2n) is 3.35. The van der Waals surface area contributed by atoms with Crippen LogP contribution in [-0.4, -0.2) is 0 Å². The van der Waals surface area contributed by atoms with Crippen LogP contribution in [0.25, 0.3) is 0 Å². The molecule has 2 aromatic carbocycles. The Morgan fingerprint density at radius 1 is 1.00 bits per heavy atom. The highest BCUT2D eigenvalue weighted by Gasteiger charge is 2.02. The number of halogens is 1. The van der Waals surface area contributed by atoms with Crippen molar-refractivity contribution < 1.29 is 4.74 Å². The zero-order valence-electron chi connectivity index (χ0n) is 8.41. The number of ether oxygens (including phenoxy) is 1. The third-order valence-corrected chi connectivity index (χ3v) is 2.37. The second kappa shape index (κ2) is 4.37. The predicted octanol–water partition coefficient (Wildman–Crippen LogP) is 4.44. The largest absolute Gasteiger partial charge is 0.456 e. The van der Waals surface area contributed by atoms with E-state index in [2.05, 4.69) is 0 Å². The highest BCUT2D eigenvalue weighted by Crippen LogP contribution is 2.29. The molecule has 2 aromatic rings. The van der Waals surface area contributed by atoms with Crippen LogP contribution in [0.15, 0.2) is 48.5 Å². The standard InChI is InChI=1S/C13H11ClO/c1-10-7-8-12(14)13(9-10)15-11-5-3-2-4-6-11/h2-9H,1H3. The van der Waals surface area contributed by atoms with Crippen molar-refractivity contribution in [3.63, 3.8) is 0 Å². The molecule has 0 radical (unpaired) electrons. The minimum Gasteiger partial charge on any atom is -0.456 e. The van der Waals surface area contributed by atoms with E-state index in [-0.39, 0.29) is 0 Å². The van der Waals surface area contributed by atoms with Crippen molar-refractivity contribution in [2.75, 3.05) is 0 Å². The molecule has 0 atom stereocenters. The van der Waals surface area contributed by atoms with Crippen molar-refractivity contribution in [2.45, 2.75) is 6.92 Å². The van der Waals surface area contributed by atoms with Gasteiger partial charge in [-0.15, -0.1) is 0 Å². The minimum absolute atomic E-state index is 0.629. The summed E-state index contributed by atoms with van der Waals surface area (Å²) >= 11 is 6.02. The smallest absolute Gasteiger partial charge is 0.146 e. The van der Waals surface area contributed by atoms with Crippen molar-refractivity contribution in [3.8, 4) is 11.5 Å². The summed E-state index contributed by atoms with van der Waals surface area (Å²) in [5.74, 6) is 1.49. The van der Waals surface area contributed by atoms with Crippen LogP contribution in [-0.2, 0) is 0 Å². The van der Waals surface area contributed by atoms with E-state index in [1.165, 1.54) is 0 Å². The van der Waals surface area contributed by atoms with E-state index in [0.717, 1.165) is 11.3 Å². The topological polar surface area (TPSA) is 9.23 Å². The molecule has 1 nitrogen and oxygen atoms in total. The summed E-state index contributed by atoms with van der Waals surface area (Å²) < 4.78 is 5.66. The Kier molecular flexibility index (Phi) is 2.93. The van der Waals surface area contributed by atoms with Crippen LogP contribution in [0.4, 0.5) is 0 Å². The number of para-hydroxylation sites is 1. The van der Waals surface area contributed by atoms with Gasteiger partial charge in [-0.25, -0.2) is 0 Å². The molecule has 0 spiro atoms. The molecule has 0 aliphatic rings. The fourth-order valence-corrected chi connectivity index (χ4v) is 1.46. The van der Waals surface area contributed by atoms with E-state index < -0.39 is 0 Å². The number of rotatable bonds is 2. The summed E-state index contributed by atoms with van der Waals surface area (Å²) in [6.07, 6.45) is 0. The summed E-state index contributed by atoms with van der Waals surface area (Å²) in [6, 6.07) is 15.3. The maximum atomic E-state index is 6.02. The van der Waals surface area contributed by atoms with E-state index in [9.17, 15) is 0 Å². The Balaban J connectivity index is 2.28.